The van der Waals surface area contributed by atoms with Crippen molar-refractivity contribution in [1.29, 1.82) is 0 Å². The number of hydrogen-bond donors (Lipinski definition) is 1. The molecule has 123 valence electrons. The number of benzene rings is 3. The van der Waals surface area contributed by atoms with Crippen molar-refractivity contribution in [3.63, 3.8) is 0 Å². The van der Waals surface area contributed by atoms with E-state index in [2.05, 4.69) is 47.9 Å². The molecule has 3 nitrogen and oxygen atoms in total. The number of amides is 1. The minimum absolute atomic E-state index is 0.402. The van der Waals surface area contributed by atoms with Crippen LogP contribution < -0.4 is 5.73 Å². The Hall–Kier alpha value is -3.07. The Morgan fingerprint density at radius 2 is 1.88 bits per heavy atom. The zero-order chi connectivity index (χ0) is 17.4. The fourth-order valence-electron chi connectivity index (χ4n) is 3.57. The maximum atomic E-state index is 11.9. The summed E-state index contributed by atoms with van der Waals surface area (Å²) >= 11 is 0. The maximum Gasteiger partial charge on any atom is 0.249 e. The molecule has 3 aromatic carbocycles. The molecular weight excluding hydrogens is 308 g/mol. The van der Waals surface area contributed by atoms with Crippen LogP contribution in [0.5, 0.6) is 0 Å². The minimum atomic E-state index is -0.402. The van der Waals surface area contributed by atoms with Gasteiger partial charge in [0, 0.05) is 33.9 Å². The molecule has 4 aromatic rings. The summed E-state index contributed by atoms with van der Waals surface area (Å²) in [5.74, 6) is -0.402. The van der Waals surface area contributed by atoms with Crippen LogP contribution in [0.1, 0.15) is 21.5 Å². The molecule has 0 spiro atoms. The van der Waals surface area contributed by atoms with Crippen molar-refractivity contribution in [1.82, 2.24) is 4.57 Å². The summed E-state index contributed by atoms with van der Waals surface area (Å²) in [6.07, 6.45) is 0.927. The quantitative estimate of drug-likeness (QED) is 0.598. The molecule has 1 radical (unpaired) electrons. The van der Waals surface area contributed by atoms with E-state index in [9.17, 15) is 4.79 Å². The number of nitrogens with zero attached hydrogens (tertiary/aromatic N) is 1. The first-order chi connectivity index (χ1) is 12.1. The number of hydrogen-bond acceptors (Lipinski definition) is 1. The molecule has 0 saturated heterocycles. The monoisotopic (exact) mass is 327 g/mol. The predicted octanol–water partition coefficient (Wildman–Crippen LogP) is 4.24. The molecule has 0 aliphatic rings. The van der Waals surface area contributed by atoms with Gasteiger partial charge in [0.05, 0.1) is 0 Å². The van der Waals surface area contributed by atoms with Gasteiger partial charge in [0.15, 0.2) is 0 Å². The Bertz CT molecular complexity index is 1090. The van der Waals surface area contributed by atoms with Gasteiger partial charge in [0.1, 0.15) is 0 Å². The molecule has 2 N–H and O–H groups in total. The number of carbonyl (C=O) groups is 1. The van der Waals surface area contributed by atoms with Gasteiger partial charge in [-0.15, -0.1) is 0 Å². The first-order valence-electron chi connectivity index (χ1n) is 8.42. The van der Waals surface area contributed by atoms with Gasteiger partial charge in [0.2, 0.25) is 5.91 Å². The van der Waals surface area contributed by atoms with Crippen LogP contribution in [0, 0.1) is 13.0 Å². The van der Waals surface area contributed by atoms with Crippen LogP contribution in [0.3, 0.4) is 0 Å². The number of fused-ring (bicyclic) bond motifs is 3. The number of aromatic nitrogens is 1. The van der Waals surface area contributed by atoms with E-state index < -0.39 is 5.91 Å². The summed E-state index contributed by atoms with van der Waals surface area (Å²) in [6, 6.07) is 23.5. The zero-order valence-corrected chi connectivity index (χ0v) is 14.1. The zero-order valence-electron chi connectivity index (χ0n) is 14.1. The van der Waals surface area contributed by atoms with Crippen LogP contribution in [0.15, 0.2) is 60.7 Å². The van der Waals surface area contributed by atoms with E-state index in [0.717, 1.165) is 34.8 Å². The number of nitrogens with two attached hydrogens (primary N) is 1. The lowest BCUT2D eigenvalue weighted by atomic mass is 10.1. The van der Waals surface area contributed by atoms with E-state index in [-0.39, 0.29) is 0 Å². The summed E-state index contributed by atoms with van der Waals surface area (Å²) in [5, 5.41) is 1.85. The molecule has 0 unspecified atom stereocenters. The van der Waals surface area contributed by atoms with Crippen LogP contribution in [0.25, 0.3) is 21.8 Å². The normalized spacial score (nSPS) is 11.2. The van der Waals surface area contributed by atoms with Crippen molar-refractivity contribution in [2.24, 2.45) is 5.73 Å². The highest BCUT2D eigenvalue weighted by Gasteiger charge is 2.15. The van der Waals surface area contributed by atoms with E-state index in [1.165, 1.54) is 11.1 Å². The topological polar surface area (TPSA) is 48.0 Å². The van der Waals surface area contributed by atoms with Crippen LogP contribution in [-0.2, 0) is 13.0 Å². The molecule has 0 saturated carbocycles. The summed E-state index contributed by atoms with van der Waals surface area (Å²) in [5.41, 5.74) is 10.8. The third-order valence-corrected chi connectivity index (χ3v) is 4.68. The average Bonchev–Trinajstić information content (AvgIpc) is 2.94. The first-order valence-corrected chi connectivity index (χ1v) is 8.42. The second-order valence-electron chi connectivity index (χ2n) is 6.39. The summed E-state index contributed by atoms with van der Waals surface area (Å²) in [4.78, 5) is 11.9. The SMILES string of the molecule is Cc1cccc(CCn2c3ccc[c]c3c3c(C(N)=O)cccc32)c1. The second-order valence-corrected chi connectivity index (χ2v) is 6.39. The lowest BCUT2D eigenvalue weighted by molar-refractivity contribution is 0.100. The lowest BCUT2D eigenvalue weighted by Gasteiger charge is -2.08. The fourth-order valence-corrected chi connectivity index (χ4v) is 3.57. The van der Waals surface area contributed by atoms with Gasteiger partial charge in [0.25, 0.3) is 0 Å². The molecule has 3 heteroatoms. The summed E-state index contributed by atoms with van der Waals surface area (Å²) in [7, 11) is 0. The molecule has 25 heavy (non-hydrogen) atoms. The van der Waals surface area contributed by atoms with Crippen molar-refractivity contribution in [3.8, 4) is 0 Å². The largest absolute Gasteiger partial charge is 0.366 e. The van der Waals surface area contributed by atoms with Gasteiger partial charge in [-0.2, -0.15) is 0 Å². The third-order valence-electron chi connectivity index (χ3n) is 4.68. The smallest absolute Gasteiger partial charge is 0.249 e. The molecule has 1 aromatic heterocycles. The molecule has 0 aliphatic carbocycles. The standard InChI is InChI=1S/C22H19N2O/c1-15-6-4-7-16(14-15)12-13-24-19-10-3-2-8-17(19)21-18(22(23)25)9-5-11-20(21)24/h2-7,9-11,14H,12-13H2,1H3,(H2,23,25). The van der Waals surface area contributed by atoms with Crippen LogP contribution >= 0.6 is 0 Å². The molecular formula is C22H19N2O. The summed E-state index contributed by atoms with van der Waals surface area (Å²) < 4.78 is 2.26. The summed E-state index contributed by atoms with van der Waals surface area (Å²) in [6.45, 7) is 2.95. The highest BCUT2D eigenvalue weighted by atomic mass is 16.1. The molecule has 0 bridgehead atoms. The van der Waals surface area contributed by atoms with Crippen LogP contribution in [-0.4, -0.2) is 10.5 Å². The molecule has 1 amide bonds. The number of rotatable bonds is 4. The maximum absolute atomic E-state index is 11.9. The Morgan fingerprint density at radius 3 is 2.68 bits per heavy atom. The Kier molecular flexibility index (Phi) is 3.77. The van der Waals surface area contributed by atoms with Gasteiger partial charge in [-0.1, -0.05) is 48.0 Å². The van der Waals surface area contributed by atoms with E-state index in [1.54, 1.807) is 6.07 Å². The van der Waals surface area contributed by atoms with Gasteiger partial charge >= 0.3 is 0 Å². The fraction of sp³-hybridized carbons (Fsp3) is 0.136. The van der Waals surface area contributed by atoms with Crippen LogP contribution in [0.4, 0.5) is 0 Å². The Morgan fingerprint density at radius 1 is 1.08 bits per heavy atom. The van der Waals surface area contributed by atoms with Gasteiger partial charge in [-0.3, -0.25) is 4.79 Å². The van der Waals surface area contributed by atoms with Crippen molar-refractivity contribution >= 4 is 27.7 Å². The van der Waals surface area contributed by atoms with Gasteiger partial charge in [-0.05, 0) is 43.2 Å². The number of carbonyl (C=O) groups excluding carboxylic acids is 1. The highest BCUT2D eigenvalue weighted by molar-refractivity contribution is 6.17. The van der Waals surface area contributed by atoms with E-state index >= 15 is 0 Å². The second kappa shape index (κ2) is 6.10. The van der Waals surface area contributed by atoms with E-state index in [0.29, 0.717) is 5.56 Å². The van der Waals surface area contributed by atoms with E-state index in [4.69, 9.17) is 5.73 Å². The third kappa shape index (κ3) is 2.68. The average molecular weight is 327 g/mol. The molecule has 0 aliphatic heterocycles. The van der Waals surface area contributed by atoms with Crippen molar-refractivity contribution in [2.75, 3.05) is 0 Å². The predicted molar refractivity (Wildman–Crippen MR) is 102 cm³/mol. The highest BCUT2D eigenvalue weighted by Crippen LogP contribution is 2.31. The first kappa shape index (κ1) is 15.5. The molecule has 1 heterocycles. The lowest BCUT2D eigenvalue weighted by Crippen LogP contribution is -2.11. The van der Waals surface area contributed by atoms with Crippen molar-refractivity contribution < 1.29 is 4.79 Å². The van der Waals surface area contributed by atoms with Crippen LogP contribution in [0.2, 0.25) is 0 Å². The number of primary amides is 1. The van der Waals surface area contributed by atoms with Crippen molar-refractivity contribution in [2.45, 2.75) is 19.9 Å². The Balaban J connectivity index is 1.87. The molecule has 0 atom stereocenters. The van der Waals surface area contributed by atoms with Crippen molar-refractivity contribution in [3.05, 3.63) is 83.4 Å². The van der Waals surface area contributed by atoms with E-state index in [1.807, 2.05) is 24.3 Å². The minimum Gasteiger partial charge on any atom is -0.366 e. The Labute approximate surface area is 146 Å². The molecule has 4 rings (SSSR count). The van der Waals surface area contributed by atoms with Gasteiger partial charge in [-0.25, -0.2) is 0 Å². The van der Waals surface area contributed by atoms with Gasteiger partial charge < -0.3 is 10.3 Å². The number of aryl methyl sites for hydroxylation is 3. The molecule has 0 fully saturated rings.